The number of piperazine rings is 1. The number of carbonyl (C=O) groups excluding carboxylic acids is 1. The molecule has 138 valence electrons. The summed E-state index contributed by atoms with van der Waals surface area (Å²) in [5.41, 5.74) is 1.31. The van der Waals surface area contributed by atoms with E-state index in [-0.39, 0.29) is 17.9 Å². The topological polar surface area (TPSA) is 50.2 Å². The Hall–Kier alpha value is -2.66. The first-order valence-corrected chi connectivity index (χ1v) is 9.70. The molecule has 2 aliphatic rings. The predicted octanol–water partition coefficient (Wildman–Crippen LogP) is 2.85. The van der Waals surface area contributed by atoms with Gasteiger partial charge in [-0.3, -0.25) is 4.79 Å². The van der Waals surface area contributed by atoms with Gasteiger partial charge in [-0.15, -0.1) is 0 Å². The van der Waals surface area contributed by atoms with Gasteiger partial charge in [0.05, 0.1) is 0 Å². The molecular formula is C22H24N4O. The molecule has 2 fully saturated rings. The quantitative estimate of drug-likeness (QED) is 0.781. The van der Waals surface area contributed by atoms with Crippen LogP contribution in [0.3, 0.4) is 0 Å². The van der Waals surface area contributed by atoms with Crippen molar-refractivity contribution in [2.75, 3.05) is 19.6 Å². The third-order valence-electron chi connectivity index (χ3n) is 6.01. The Bertz CT molecular complexity index is 989. The van der Waals surface area contributed by atoms with Crippen LogP contribution in [-0.2, 0) is 11.8 Å². The number of fused-ring (bicyclic) bond motifs is 1. The Morgan fingerprint density at radius 2 is 2.04 bits per heavy atom. The number of hydrogen-bond acceptors (Lipinski definition) is 3. The summed E-state index contributed by atoms with van der Waals surface area (Å²) in [4.78, 5) is 19.9. The minimum Gasteiger partial charge on any atom is -0.336 e. The van der Waals surface area contributed by atoms with Crippen molar-refractivity contribution in [2.45, 2.75) is 18.4 Å². The van der Waals surface area contributed by atoms with Crippen LogP contribution in [0.15, 0.2) is 54.9 Å². The van der Waals surface area contributed by atoms with Crippen molar-refractivity contribution < 1.29 is 4.79 Å². The molecule has 0 radical (unpaired) electrons. The van der Waals surface area contributed by atoms with Crippen LogP contribution in [0.1, 0.15) is 29.8 Å². The monoisotopic (exact) mass is 360 g/mol. The molecule has 2 aromatic carbocycles. The van der Waals surface area contributed by atoms with Gasteiger partial charge < -0.3 is 14.8 Å². The van der Waals surface area contributed by atoms with Crippen molar-refractivity contribution in [2.24, 2.45) is 13.0 Å². The highest BCUT2D eigenvalue weighted by Crippen LogP contribution is 2.51. The van der Waals surface area contributed by atoms with Crippen LogP contribution < -0.4 is 5.32 Å². The Labute approximate surface area is 159 Å². The molecule has 0 spiro atoms. The van der Waals surface area contributed by atoms with E-state index in [9.17, 15) is 4.79 Å². The predicted molar refractivity (Wildman–Crippen MR) is 105 cm³/mol. The Balaban J connectivity index is 1.41. The van der Waals surface area contributed by atoms with E-state index in [0.29, 0.717) is 5.92 Å². The lowest BCUT2D eigenvalue weighted by Gasteiger charge is -2.36. The van der Waals surface area contributed by atoms with Crippen molar-refractivity contribution in [3.05, 3.63) is 66.2 Å². The largest absolute Gasteiger partial charge is 0.336 e. The molecule has 5 rings (SSSR count). The van der Waals surface area contributed by atoms with E-state index < -0.39 is 0 Å². The molecule has 3 atom stereocenters. The van der Waals surface area contributed by atoms with E-state index in [2.05, 4.69) is 57.7 Å². The van der Waals surface area contributed by atoms with Gasteiger partial charge in [0, 0.05) is 45.0 Å². The molecule has 1 saturated heterocycles. The third-order valence-corrected chi connectivity index (χ3v) is 6.01. The minimum absolute atomic E-state index is 0.0139. The van der Waals surface area contributed by atoms with Crippen LogP contribution in [0.25, 0.3) is 10.8 Å². The maximum absolute atomic E-state index is 13.4. The minimum atomic E-state index is 0.0139. The summed E-state index contributed by atoms with van der Waals surface area (Å²) >= 11 is 0. The van der Waals surface area contributed by atoms with Gasteiger partial charge in [-0.25, -0.2) is 4.98 Å². The van der Waals surface area contributed by atoms with Crippen LogP contribution >= 0.6 is 0 Å². The lowest BCUT2D eigenvalue weighted by atomic mass is 9.99. The molecule has 0 bridgehead atoms. The summed E-state index contributed by atoms with van der Waals surface area (Å²) < 4.78 is 2.02. The van der Waals surface area contributed by atoms with E-state index in [1.165, 1.54) is 16.3 Å². The van der Waals surface area contributed by atoms with Crippen molar-refractivity contribution in [1.82, 2.24) is 19.8 Å². The number of aromatic nitrogens is 2. The number of benzene rings is 2. The van der Waals surface area contributed by atoms with Crippen LogP contribution in [-0.4, -0.2) is 40.0 Å². The number of nitrogens with one attached hydrogen (secondary N) is 1. The molecule has 2 heterocycles. The van der Waals surface area contributed by atoms with Gasteiger partial charge >= 0.3 is 0 Å². The number of amides is 1. The fourth-order valence-electron chi connectivity index (χ4n) is 4.50. The summed E-state index contributed by atoms with van der Waals surface area (Å²) in [6.45, 7) is 2.36. The van der Waals surface area contributed by atoms with Crippen LogP contribution in [0.2, 0.25) is 0 Å². The van der Waals surface area contributed by atoms with Crippen molar-refractivity contribution >= 4 is 16.7 Å². The van der Waals surface area contributed by atoms with Gasteiger partial charge in [0.25, 0.3) is 0 Å². The molecule has 5 nitrogen and oxygen atoms in total. The standard InChI is InChI=1S/C22H24N4O/c1-25-11-10-24-21(25)20-14-23-9-12-26(20)22(27)19-13-18(19)17-8-4-6-15-5-2-3-7-16(15)17/h2-8,10-11,18-20,23H,9,12-14H2,1H3. The lowest BCUT2D eigenvalue weighted by molar-refractivity contribution is -0.136. The third kappa shape index (κ3) is 2.82. The number of carbonyl (C=O) groups is 1. The average molecular weight is 360 g/mol. The summed E-state index contributed by atoms with van der Waals surface area (Å²) in [7, 11) is 2.00. The zero-order valence-electron chi connectivity index (χ0n) is 15.5. The zero-order chi connectivity index (χ0) is 18.4. The molecule has 1 amide bonds. The highest BCUT2D eigenvalue weighted by molar-refractivity contribution is 5.89. The Morgan fingerprint density at radius 3 is 2.89 bits per heavy atom. The molecule has 5 heteroatoms. The number of rotatable bonds is 3. The molecule has 1 aromatic heterocycles. The van der Waals surface area contributed by atoms with Crippen LogP contribution in [0.4, 0.5) is 0 Å². The van der Waals surface area contributed by atoms with Crippen molar-refractivity contribution in [1.29, 1.82) is 0 Å². The molecule has 1 N–H and O–H groups in total. The normalized spacial score (nSPS) is 24.9. The second kappa shape index (κ2) is 6.50. The maximum Gasteiger partial charge on any atom is 0.227 e. The fraction of sp³-hybridized carbons (Fsp3) is 0.364. The zero-order valence-corrected chi connectivity index (χ0v) is 15.5. The van der Waals surface area contributed by atoms with Gasteiger partial charge in [-0.2, -0.15) is 0 Å². The number of hydrogen-bond donors (Lipinski definition) is 1. The highest BCUT2D eigenvalue weighted by atomic mass is 16.2. The first kappa shape index (κ1) is 16.5. The smallest absolute Gasteiger partial charge is 0.227 e. The van der Waals surface area contributed by atoms with E-state index in [0.717, 1.165) is 31.9 Å². The van der Waals surface area contributed by atoms with Gasteiger partial charge in [0.2, 0.25) is 5.91 Å². The van der Waals surface area contributed by atoms with Crippen LogP contribution in [0, 0.1) is 5.92 Å². The van der Waals surface area contributed by atoms with Crippen LogP contribution in [0.5, 0.6) is 0 Å². The van der Waals surface area contributed by atoms with Gasteiger partial charge in [-0.1, -0.05) is 42.5 Å². The molecule has 1 aliphatic heterocycles. The first-order chi connectivity index (χ1) is 13.2. The Kier molecular flexibility index (Phi) is 3.97. The summed E-state index contributed by atoms with van der Waals surface area (Å²) in [5.74, 6) is 1.66. The fourth-order valence-corrected chi connectivity index (χ4v) is 4.50. The summed E-state index contributed by atoms with van der Waals surface area (Å²) in [5, 5.41) is 5.94. The van der Waals surface area contributed by atoms with Gasteiger partial charge in [0.15, 0.2) is 0 Å². The second-order valence-electron chi connectivity index (χ2n) is 7.66. The number of imidazole rings is 1. The van der Waals surface area contributed by atoms with E-state index in [1.807, 2.05) is 24.0 Å². The SMILES string of the molecule is Cn1ccnc1C1CNCCN1C(=O)C1CC1c1cccc2ccccc12. The van der Waals surface area contributed by atoms with E-state index in [1.54, 1.807) is 0 Å². The molecule has 3 aromatic rings. The first-order valence-electron chi connectivity index (χ1n) is 9.70. The number of nitrogens with zero attached hydrogens (tertiary/aromatic N) is 3. The van der Waals surface area contributed by atoms with E-state index in [4.69, 9.17) is 0 Å². The molecule has 1 saturated carbocycles. The second-order valence-corrected chi connectivity index (χ2v) is 7.66. The maximum atomic E-state index is 13.4. The lowest BCUT2D eigenvalue weighted by Crippen LogP contribution is -2.50. The van der Waals surface area contributed by atoms with Gasteiger partial charge in [0.1, 0.15) is 11.9 Å². The molecule has 1 aliphatic carbocycles. The summed E-state index contributed by atoms with van der Waals surface area (Å²) in [6.07, 6.45) is 4.70. The Morgan fingerprint density at radius 1 is 1.19 bits per heavy atom. The summed E-state index contributed by atoms with van der Waals surface area (Å²) in [6, 6.07) is 14.9. The molecular weight excluding hydrogens is 336 g/mol. The average Bonchev–Trinajstić information content (AvgIpc) is 3.40. The van der Waals surface area contributed by atoms with E-state index >= 15 is 0 Å². The molecule has 3 unspecified atom stereocenters. The number of aryl methyl sites for hydroxylation is 1. The van der Waals surface area contributed by atoms with Crippen molar-refractivity contribution in [3.8, 4) is 0 Å². The van der Waals surface area contributed by atoms with Gasteiger partial charge in [-0.05, 0) is 28.7 Å². The van der Waals surface area contributed by atoms with Crippen molar-refractivity contribution in [3.63, 3.8) is 0 Å². The molecule has 27 heavy (non-hydrogen) atoms. The highest BCUT2D eigenvalue weighted by Gasteiger charge is 2.48.